The van der Waals surface area contributed by atoms with Crippen LogP contribution in [0.2, 0.25) is 0 Å². The number of aryl methyl sites for hydroxylation is 2. The largest absolute Gasteiger partial charge is 0.346 e. The number of hydrogen-bond acceptors (Lipinski definition) is 5. The Kier molecular flexibility index (Phi) is 5.46. The van der Waals surface area contributed by atoms with Crippen LogP contribution in [0.1, 0.15) is 29.0 Å². The molecule has 1 aromatic heterocycles. The van der Waals surface area contributed by atoms with Crippen LogP contribution in [0.25, 0.3) is 0 Å². The summed E-state index contributed by atoms with van der Waals surface area (Å²) in [4.78, 5) is 22.6. The third-order valence-corrected chi connectivity index (χ3v) is 3.22. The van der Waals surface area contributed by atoms with E-state index in [0.717, 1.165) is 19.4 Å². The Morgan fingerprint density at radius 3 is 2.85 bits per heavy atom. The molecule has 2 heterocycles. The second kappa shape index (κ2) is 6.67. The van der Waals surface area contributed by atoms with Crippen LogP contribution in [-0.2, 0) is 7.05 Å². The molecule has 2 rings (SSSR count). The fourth-order valence-electron chi connectivity index (χ4n) is 2.35. The number of halogens is 1. The SMILES string of the molecule is Cc1nn(C)c(C(=O)N[C@H]2CCCNC2)c1[N+](=O)[O-].Cl. The van der Waals surface area contributed by atoms with Crippen molar-refractivity contribution in [2.75, 3.05) is 13.1 Å². The molecule has 9 heteroatoms. The van der Waals surface area contributed by atoms with Crippen LogP contribution in [-0.4, -0.2) is 39.7 Å². The van der Waals surface area contributed by atoms with Gasteiger partial charge >= 0.3 is 5.69 Å². The van der Waals surface area contributed by atoms with Crippen molar-refractivity contribution in [3.05, 3.63) is 21.5 Å². The van der Waals surface area contributed by atoms with Crippen molar-refractivity contribution in [3.63, 3.8) is 0 Å². The van der Waals surface area contributed by atoms with E-state index in [-0.39, 0.29) is 35.5 Å². The predicted octanol–water partition coefficient (Wildman–Crippen LogP) is 0.540. The highest BCUT2D eigenvalue weighted by Crippen LogP contribution is 2.22. The molecule has 0 aliphatic carbocycles. The van der Waals surface area contributed by atoms with E-state index in [4.69, 9.17) is 0 Å². The molecule has 1 saturated heterocycles. The van der Waals surface area contributed by atoms with Crippen LogP contribution in [0.3, 0.4) is 0 Å². The Morgan fingerprint density at radius 1 is 1.60 bits per heavy atom. The summed E-state index contributed by atoms with van der Waals surface area (Å²) in [5.74, 6) is -0.441. The summed E-state index contributed by atoms with van der Waals surface area (Å²) in [6.45, 7) is 3.16. The van der Waals surface area contributed by atoms with Gasteiger partial charge in [-0.3, -0.25) is 19.6 Å². The van der Waals surface area contributed by atoms with Gasteiger partial charge in [0.2, 0.25) is 5.69 Å². The fourth-order valence-corrected chi connectivity index (χ4v) is 2.35. The maximum absolute atomic E-state index is 12.2. The van der Waals surface area contributed by atoms with E-state index in [2.05, 4.69) is 15.7 Å². The van der Waals surface area contributed by atoms with Gasteiger partial charge in [0.25, 0.3) is 5.91 Å². The highest BCUT2D eigenvalue weighted by atomic mass is 35.5. The second-order valence-electron chi connectivity index (χ2n) is 4.68. The number of nitrogens with zero attached hydrogens (tertiary/aromatic N) is 3. The molecule has 1 amide bonds. The zero-order chi connectivity index (χ0) is 14.0. The molecule has 20 heavy (non-hydrogen) atoms. The molecule has 1 aliphatic rings. The molecule has 0 bridgehead atoms. The Labute approximate surface area is 122 Å². The summed E-state index contributed by atoms with van der Waals surface area (Å²) in [5, 5.41) is 21.0. The molecule has 0 saturated carbocycles. The molecule has 1 aliphatic heterocycles. The van der Waals surface area contributed by atoms with Gasteiger partial charge in [0, 0.05) is 19.6 Å². The summed E-state index contributed by atoms with van der Waals surface area (Å²) in [6.07, 6.45) is 1.86. The maximum atomic E-state index is 12.2. The van der Waals surface area contributed by atoms with Crippen molar-refractivity contribution >= 4 is 24.0 Å². The van der Waals surface area contributed by atoms with Crippen LogP contribution in [0.5, 0.6) is 0 Å². The molecular formula is C11H18ClN5O3. The van der Waals surface area contributed by atoms with E-state index in [0.29, 0.717) is 6.54 Å². The molecule has 0 unspecified atom stereocenters. The van der Waals surface area contributed by atoms with Crippen molar-refractivity contribution in [1.82, 2.24) is 20.4 Å². The normalized spacial score (nSPS) is 18.2. The van der Waals surface area contributed by atoms with Crippen molar-refractivity contribution < 1.29 is 9.72 Å². The molecule has 1 aromatic rings. The smallest absolute Gasteiger partial charge is 0.322 e. The van der Waals surface area contributed by atoms with Gasteiger partial charge in [-0.25, -0.2) is 0 Å². The minimum absolute atomic E-state index is 0. The maximum Gasteiger partial charge on any atom is 0.322 e. The lowest BCUT2D eigenvalue weighted by atomic mass is 10.1. The van der Waals surface area contributed by atoms with Gasteiger partial charge in [0.1, 0.15) is 5.69 Å². The molecular weight excluding hydrogens is 286 g/mol. The lowest BCUT2D eigenvalue weighted by Gasteiger charge is -2.23. The number of rotatable bonds is 3. The van der Waals surface area contributed by atoms with Gasteiger partial charge in [-0.15, -0.1) is 12.4 Å². The van der Waals surface area contributed by atoms with E-state index in [1.54, 1.807) is 0 Å². The summed E-state index contributed by atoms with van der Waals surface area (Å²) in [6, 6.07) is 0.0102. The fraction of sp³-hybridized carbons (Fsp3) is 0.636. The van der Waals surface area contributed by atoms with Crippen molar-refractivity contribution in [3.8, 4) is 0 Å². The Morgan fingerprint density at radius 2 is 2.30 bits per heavy atom. The molecule has 0 spiro atoms. The quantitative estimate of drug-likeness (QED) is 0.627. The molecule has 8 nitrogen and oxygen atoms in total. The van der Waals surface area contributed by atoms with Gasteiger partial charge in [0.05, 0.1) is 4.92 Å². The number of amides is 1. The number of piperidine rings is 1. The van der Waals surface area contributed by atoms with Crippen LogP contribution >= 0.6 is 12.4 Å². The Hall–Kier alpha value is -1.67. The third-order valence-electron chi connectivity index (χ3n) is 3.22. The molecule has 0 radical (unpaired) electrons. The van der Waals surface area contributed by atoms with Crippen molar-refractivity contribution in [2.24, 2.45) is 7.05 Å². The average molecular weight is 304 g/mol. The van der Waals surface area contributed by atoms with Gasteiger partial charge in [-0.1, -0.05) is 0 Å². The van der Waals surface area contributed by atoms with Crippen LogP contribution in [0.15, 0.2) is 0 Å². The van der Waals surface area contributed by atoms with Gasteiger partial charge in [-0.2, -0.15) is 5.10 Å². The lowest BCUT2D eigenvalue weighted by Crippen LogP contribution is -2.46. The van der Waals surface area contributed by atoms with E-state index in [1.807, 2.05) is 0 Å². The zero-order valence-corrected chi connectivity index (χ0v) is 12.2. The number of nitrogens with one attached hydrogen (secondary N) is 2. The number of carbonyl (C=O) groups is 1. The van der Waals surface area contributed by atoms with Crippen molar-refractivity contribution in [2.45, 2.75) is 25.8 Å². The average Bonchev–Trinajstić information content (AvgIpc) is 2.65. The highest BCUT2D eigenvalue weighted by Gasteiger charge is 2.30. The first-order valence-electron chi connectivity index (χ1n) is 6.20. The molecule has 1 atom stereocenters. The number of nitro groups is 1. The van der Waals surface area contributed by atoms with Gasteiger partial charge in [-0.05, 0) is 26.3 Å². The van der Waals surface area contributed by atoms with Crippen LogP contribution in [0.4, 0.5) is 5.69 Å². The molecule has 0 aromatic carbocycles. The standard InChI is InChI=1S/C11H17N5O3.ClH/c1-7-9(16(18)19)10(15(2)14-7)11(17)13-8-4-3-5-12-6-8;/h8,12H,3-6H2,1-2H3,(H,13,17);1H/t8-;/m0./s1. The third kappa shape index (κ3) is 3.26. The minimum Gasteiger partial charge on any atom is -0.346 e. The predicted molar refractivity (Wildman–Crippen MR) is 75.2 cm³/mol. The number of carbonyl (C=O) groups excluding carboxylic acids is 1. The van der Waals surface area contributed by atoms with E-state index in [1.165, 1.54) is 18.7 Å². The minimum atomic E-state index is -0.559. The van der Waals surface area contributed by atoms with E-state index >= 15 is 0 Å². The highest BCUT2D eigenvalue weighted by molar-refractivity contribution is 5.97. The first-order valence-corrected chi connectivity index (χ1v) is 6.20. The lowest BCUT2D eigenvalue weighted by molar-refractivity contribution is -0.385. The second-order valence-corrected chi connectivity index (χ2v) is 4.68. The van der Waals surface area contributed by atoms with E-state index < -0.39 is 10.8 Å². The monoisotopic (exact) mass is 303 g/mol. The zero-order valence-electron chi connectivity index (χ0n) is 11.4. The molecule has 2 N–H and O–H groups in total. The number of aromatic nitrogens is 2. The van der Waals surface area contributed by atoms with Crippen LogP contribution < -0.4 is 10.6 Å². The van der Waals surface area contributed by atoms with Gasteiger partial charge in [0.15, 0.2) is 0 Å². The summed E-state index contributed by atoms with van der Waals surface area (Å²) >= 11 is 0. The Balaban J connectivity index is 0.00000200. The summed E-state index contributed by atoms with van der Waals surface area (Å²) in [5.41, 5.74) is 0.0382. The summed E-state index contributed by atoms with van der Waals surface area (Å²) < 4.78 is 1.26. The topological polar surface area (TPSA) is 102 Å². The first kappa shape index (κ1) is 16.4. The van der Waals surface area contributed by atoms with E-state index in [9.17, 15) is 14.9 Å². The van der Waals surface area contributed by atoms with Crippen LogP contribution in [0, 0.1) is 17.0 Å². The Bertz CT molecular complexity index is 510. The molecule has 1 fully saturated rings. The van der Waals surface area contributed by atoms with Gasteiger partial charge < -0.3 is 10.6 Å². The summed E-state index contributed by atoms with van der Waals surface area (Å²) in [7, 11) is 1.54. The number of hydrogen-bond donors (Lipinski definition) is 2. The van der Waals surface area contributed by atoms with Crippen molar-refractivity contribution in [1.29, 1.82) is 0 Å². The molecule has 112 valence electrons. The first-order chi connectivity index (χ1) is 9.00.